The van der Waals surface area contributed by atoms with Crippen LogP contribution < -0.4 is 4.90 Å². The molecular weight excluding hydrogens is 372 g/mol. The average molecular weight is 395 g/mol. The third kappa shape index (κ3) is 3.29. The van der Waals surface area contributed by atoms with Gasteiger partial charge in [-0.15, -0.1) is 0 Å². The summed E-state index contributed by atoms with van der Waals surface area (Å²) in [4.78, 5) is 22.1. The first-order valence-corrected chi connectivity index (χ1v) is 10.6. The van der Waals surface area contributed by atoms with Crippen molar-refractivity contribution in [1.29, 1.82) is 0 Å². The van der Waals surface area contributed by atoms with E-state index >= 15 is 0 Å². The lowest BCUT2D eigenvalue weighted by Crippen LogP contribution is -2.49. The summed E-state index contributed by atoms with van der Waals surface area (Å²) in [5, 5.41) is 1.41. The van der Waals surface area contributed by atoms with Gasteiger partial charge >= 0.3 is 0 Å². The largest absolute Gasteiger partial charge is 0.378 e. The Bertz CT molecular complexity index is 795. The Morgan fingerprint density at radius 3 is 2.85 bits per heavy atom. The summed E-state index contributed by atoms with van der Waals surface area (Å²) in [5.41, 5.74) is 0.885. The number of anilines is 1. The van der Waals surface area contributed by atoms with Gasteiger partial charge in [0, 0.05) is 38.8 Å². The van der Waals surface area contributed by atoms with Gasteiger partial charge in [0.25, 0.3) is 0 Å². The Kier molecular flexibility index (Phi) is 4.70. The van der Waals surface area contributed by atoms with Gasteiger partial charge in [-0.25, -0.2) is 9.97 Å². The van der Waals surface area contributed by atoms with E-state index in [9.17, 15) is 0 Å². The van der Waals surface area contributed by atoms with Gasteiger partial charge in [-0.2, -0.15) is 4.98 Å². The molecule has 0 saturated carbocycles. The van der Waals surface area contributed by atoms with Gasteiger partial charge in [-0.1, -0.05) is 11.3 Å². The van der Waals surface area contributed by atoms with Gasteiger partial charge in [0.15, 0.2) is 10.6 Å². The van der Waals surface area contributed by atoms with Gasteiger partial charge in [0.05, 0.1) is 19.8 Å². The number of nitrogens with zero attached hydrogens (tertiary/aromatic N) is 6. The van der Waals surface area contributed by atoms with Gasteiger partial charge in [0.1, 0.15) is 10.5 Å². The molecule has 1 atom stereocenters. The minimum absolute atomic E-state index is 0.300. The van der Waals surface area contributed by atoms with Crippen LogP contribution in [0.1, 0.15) is 17.8 Å². The molecule has 0 bridgehead atoms. The number of hydrogen-bond donors (Lipinski definition) is 0. The van der Waals surface area contributed by atoms with E-state index in [-0.39, 0.29) is 0 Å². The SMILES string of the molecule is Clc1nc(N2CCOCC2)c2nc(CN3CCN4CCC[C@H]4C3)sc2n1. The zero-order valence-electron chi connectivity index (χ0n) is 14.7. The van der Waals surface area contributed by atoms with E-state index in [4.69, 9.17) is 21.3 Å². The second-order valence-corrected chi connectivity index (χ2v) is 8.64. The highest BCUT2D eigenvalue weighted by Crippen LogP contribution is 2.31. The summed E-state index contributed by atoms with van der Waals surface area (Å²) in [6.07, 6.45) is 2.68. The van der Waals surface area contributed by atoms with Crippen LogP contribution in [-0.2, 0) is 11.3 Å². The molecule has 3 aliphatic rings. The van der Waals surface area contributed by atoms with Gasteiger partial charge in [-0.3, -0.25) is 9.80 Å². The fraction of sp³-hybridized carbons (Fsp3) is 0.706. The van der Waals surface area contributed by atoms with Gasteiger partial charge in [-0.05, 0) is 31.0 Å². The Morgan fingerprint density at radius 2 is 1.96 bits per heavy atom. The minimum atomic E-state index is 0.300. The maximum atomic E-state index is 6.19. The molecule has 0 N–H and O–H groups in total. The molecule has 2 aromatic rings. The summed E-state index contributed by atoms with van der Waals surface area (Å²) in [7, 11) is 0. The maximum absolute atomic E-state index is 6.19. The second kappa shape index (κ2) is 7.16. The number of aromatic nitrogens is 3. The van der Waals surface area contributed by atoms with Crippen molar-refractivity contribution in [3.05, 3.63) is 10.3 Å². The summed E-state index contributed by atoms with van der Waals surface area (Å²) >= 11 is 7.84. The molecule has 2 aromatic heterocycles. The van der Waals surface area contributed by atoms with Crippen molar-refractivity contribution in [3.8, 4) is 0 Å². The highest BCUT2D eigenvalue weighted by molar-refractivity contribution is 7.18. The number of ether oxygens (including phenoxy) is 1. The Labute approximate surface area is 161 Å². The van der Waals surface area contributed by atoms with Crippen molar-refractivity contribution in [2.24, 2.45) is 0 Å². The number of halogens is 1. The van der Waals surface area contributed by atoms with Crippen molar-refractivity contribution in [1.82, 2.24) is 24.8 Å². The number of fused-ring (bicyclic) bond motifs is 2. The van der Waals surface area contributed by atoms with E-state index in [0.29, 0.717) is 18.5 Å². The first-order chi connectivity index (χ1) is 12.8. The molecule has 0 unspecified atom stereocenters. The number of hydrogen-bond acceptors (Lipinski definition) is 8. The normalized spacial score (nSPS) is 25.1. The summed E-state index contributed by atoms with van der Waals surface area (Å²) in [5.74, 6) is 0.853. The molecule has 26 heavy (non-hydrogen) atoms. The number of morpholine rings is 1. The third-order valence-corrected chi connectivity index (χ3v) is 6.70. The fourth-order valence-corrected chi connectivity index (χ4v) is 5.47. The molecule has 0 amide bonds. The zero-order valence-corrected chi connectivity index (χ0v) is 16.3. The van der Waals surface area contributed by atoms with E-state index in [2.05, 4.69) is 24.7 Å². The van der Waals surface area contributed by atoms with Crippen LogP contribution in [0, 0.1) is 0 Å². The second-order valence-electron chi connectivity index (χ2n) is 7.24. The Hall–Kier alpha value is -1.06. The molecule has 9 heteroatoms. The lowest BCUT2D eigenvalue weighted by molar-refractivity contribution is 0.0993. The van der Waals surface area contributed by atoms with Crippen LogP contribution in [-0.4, -0.2) is 83.3 Å². The van der Waals surface area contributed by atoms with Crippen LogP contribution in [0.15, 0.2) is 0 Å². The highest BCUT2D eigenvalue weighted by Gasteiger charge is 2.31. The maximum Gasteiger partial charge on any atom is 0.225 e. The van der Waals surface area contributed by atoms with Crippen LogP contribution in [0.2, 0.25) is 5.28 Å². The van der Waals surface area contributed by atoms with Crippen LogP contribution in [0.4, 0.5) is 5.82 Å². The lowest BCUT2D eigenvalue weighted by Gasteiger charge is -2.37. The highest BCUT2D eigenvalue weighted by atomic mass is 35.5. The molecule has 5 heterocycles. The molecule has 140 valence electrons. The average Bonchev–Trinajstić information content (AvgIpc) is 3.27. The third-order valence-electron chi connectivity index (χ3n) is 5.60. The molecule has 0 aromatic carbocycles. The fourth-order valence-electron chi connectivity index (χ4n) is 4.28. The Morgan fingerprint density at radius 1 is 1.08 bits per heavy atom. The van der Waals surface area contributed by atoms with Crippen molar-refractivity contribution in [2.45, 2.75) is 25.4 Å². The molecule has 3 saturated heterocycles. The smallest absolute Gasteiger partial charge is 0.225 e. The molecular formula is C17H23ClN6OS. The standard InChI is InChI=1S/C17H23ClN6OS/c18-17-20-15(24-6-8-25-9-7-24)14-16(21-17)26-13(19-14)11-22-4-5-23-3-1-2-12(23)10-22/h12H,1-11H2/t12-/m0/s1. The quantitative estimate of drug-likeness (QED) is 0.736. The van der Waals surface area contributed by atoms with E-state index in [1.54, 1.807) is 11.3 Å². The van der Waals surface area contributed by atoms with E-state index in [0.717, 1.165) is 59.9 Å². The first kappa shape index (κ1) is 17.1. The topological polar surface area (TPSA) is 57.6 Å². The summed E-state index contributed by atoms with van der Waals surface area (Å²) in [6.45, 7) is 8.69. The van der Waals surface area contributed by atoms with Crippen molar-refractivity contribution >= 4 is 39.1 Å². The van der Waals surface area contributed by atoms with E-state index in [1.807, 2.05) is 0 Å². The number of rotatable bonds is 3. The predicted molar refractivity (Wildman–Crippen MR) is 103 cm³/mol. The molecule has 7 nitrogen and oxygen atoms in total. The van der Waals surface area contributed by atoms with Gasteiger partial charge < -0.3 is 9.64 Å². The monoisotopic (exact) mass is 394 g/mol. The Balaban J connectivity index is 1.39. The van der Waals surface area contributed by atoms with Crippen LogP contribution in [0.25, 0.3) is 10.3 Å². The van der Waals surface area contributed by atoms with Crippen LogP contribution >= 0.6 is 22.9 Å². The van der Waals surface area contributed by atoms with Crippen molar-refractivity contribution in [3.63, 3.8) is 0 Å². The van der Waals surface area contributed by atoms with Crippen molar-refractivity contribution in [2.75, 3.05) is 57.4 Å². The minimum Gasteiger partial charge on any atom is -0.378 e. The van der Waals surface area contributed by atoms with Crippen LogP contribution in [0.5, 0.6) is 0 Å². The number of thiazole rings is 1. The van der Waals surface area contributed by atoms with Crippen molar-refractivity contribution < 1.29 is 4.74 Å². The molecule has 5 rings (SSSR count). The van der Waals surface area contributed by atoms with Gasteiger partial charge in [0.2, 0.25) is 5.28 Å². The van der Waals surface area contributed by atoms with E-state index < -0.39 is 0 Å². The van der Waals surface area contributed by atoms with Crippen LogP contribution in [0.3, 0.4) is 0 Å². The number of piperazine rings is 1. The summed E-state index contributed by atoms with van der Waals surface area (Å²) in [6, 6.07) is 0.733. The predicted octanol–water partition coefficient (Wildman–Crippen LogP) is 1.86. The molecule has 0 radical (unpaired) electrons. The molecule has 0 spiro atoms. The summed E-state index contributed by atoms with van der Waals surface area (Å²) < 4.78 is 5.46. The zero-order chi connectivity index (χ0) is 17.5. The first-order valence-electron chi connectivity index (χ1n) is 9.38. The van der Waals surface area contributed by atoms with E-state index in [1.165, 1.54) is 25.9 Å². The molecule has 3 fully saturated rings. The molecule has 3 aliphatic heterocycles. The lowest BCUT2D eigenvalue weighted by atomic mass is 10.1. The molecule has 0 aliphatic carbocycles.